The maximum Gasteiger partial charge on any atom is 0.238 e. The molecule has 1 N–H and O–H groups in total. The first-order valence-electron chi connectivity index (χ1n) is 9.99. The molecule has 1 aromatic heterocycles. The molecule has 2 heterocycles. The fourth-order valence-corrected chi connectivity index (χ4v) is 4.15. The minimum Gasteiger partial charge on any atom is -0.497 e. The molecule has 2 aromatic carbocycles. The Labute approximate surface area is 185 Å². The van der Waals surface area contributed by atoms with E-state index in [0.29, 0.717) is 16.4 Å². The van der Waals surface area contributed by atoms with E-state index >= 15 is 0 Å². The Morgan fingerprint density at radius 1 is 1.23 bits per heavy atom. The number of carbonyl (C=O) groups is 1. The minimum atomic E-state index is -0.127. The van der Waals surface area contributed by atoms with Crippen LogP contribution in [0.1, 0.15) is 24.4 Å². The third-order valence-corrected chi connectivity index (χ3v) is 5.64. The highest BCUT2D eigenvalue weighted by Gasteiger charge is 2.30. The van der Waals surface area contributed by atoms with Gasteiger partial charge in [0.2, 0.25) is 5.91 Å². The van der Waals surface area contributed by atoms with E-state index in [0.717, 1.165) is 36.4 Å². The summed E-state index contributed by atoms with van der Waals surface area (Å²) in [6.45, 7) is 1.07. The number of ether oxygens (including phenoxy) is 2. The second kappa shape index (κ2) is 9.36. The predicted molar refractivity (Wildman–Crippen MR) is 118 cm³/mol. The van der Waals surface area contributed by atoms with Crippen LogP contribution in [0.5, 0.6) is 11.5 Å². The zero-order valence-corrected chi connectivity index (χ0v) is 18.2. The number of aromatic nitrogens is 3. The SMILES string of the molecule is COc1ccc(OC)c([C@H]2CCCN2CC(=O)Nc2cc(Cl)ccc2-n2cncn2)c1. The van der Waals surface area contributed by atoms with Gasteiger partial charge in [-0.15, -0.1) is 0 Å². The molecule has 0 saturated carbocycles. The number of nitrogens with zero attached hydrogens (tertiary/aromatic N) is 4. The summed E-state index contributed by atoms with van der Waals surface area (Å²) in [4.78, 5) is 19.1. The van der Waals surface area contributed by atoms with E-state index in [2.05, 4.69) is 20.3 Å². The molecule has 1 aliphatic rings. The molecular weight excluding hydrogens is 418 g/mol. The summed E-state index contributed by atoms with van der Waals surface area (Å²) in [6, 6.07) is 11.1. The number of nitrogens with one attached hydrogen (secondary N) is 1. The number of benzene rings is 2. The van der Waals surface area contributed by atoms with Crippen LogP contribution in [0.4, 0.5) is 5.69 Å². The zero-order chi connectivity index (χ0) is 21.8. The molecule has 3 aromatic rings. The van der Waals surface area contributed by atoms with Crippen LogP contribution in [0.2, 0.25) is 5.02 Å². The summed E-state index contributed by atoms with van der Waals surface area (Å²) in [5.41, 5.74) is 2.30. The van der Waals surface area contributed by atoms with Crippen molar-refractivity contribution < 1.29 is 14.3 Å². The lowest BCUT2D eigenvalue weighted by molar-refractivity contribution is -0.117. The Hall–Kier alpha value is -3.10. The van der Waals surface area contributed by atoms with Crippen molar-refractivity contribution in [2.75, 3.05) is 32.6 Å². The quantitative estimate of drug-likeness (QED) is 0.602. The average Bonchev–Trinajstić information content (AvgIpc) is 3.45. The molecule has 4 rings (SSSR count). The highest BCUT2D eigenvalue weighted by molar-refractivity contribution is 6.31. The Morgan fingerprint density at radius 2 is 2.10 bits per heavy atom. The van der Waals surface area contributed by atoms with Gasteiger partial charge in [0.15, 0.2) is 0 Å². The van der Waals surface area contributed by atoms with Crippen LogP contribution in [0.3, 0.4) is 0 Å². The molecule has 1 saturated heterocycles. The molecule has 1 amide bonds. The molecule has 9 heteroatoms. The van der Waals surface area contributed by atoms with E-state index in [4.69, 9.17) is 21.1 Å². The third-order valence-electron chi connectivity index (χ3n) is 5.40. The molecule has 31 heavy (non-hydrogen) atoms. The summed E-state index contributed by atoms with van der Waals surface area (Å²) in [5, 5.41) is 7.66. The number of amides is 1. The lowest BCUT2D eigenvalue weighted by Crippen LogP contribution is -2.33. The van der Waals surface area contributed by atoms with Crippen LogP contribution >= 0.6 is 11.6 Å². The number of anilines is 1. The molecule has 0 radical (unpaired) electrons. The van der Waals surface area contributed by atoms with Gasteiger partial charge in [-0.05, 0) is 55.8 Å². The van der Waals surface area contributed by atoms with Gasteiger partial charge in [-0.2, -0.15) is 5.10 Å². The lowest BCUT2D eigenvalue weighted by atomic mass is 10.0. The van der Waals surface area contributed by atoms with Crippen LogP contribution in [0, 0.1) is 0 Å². The summed E-state index contributed by atoms with van der Waals surface area (Å²) >= 11 is 6.16. The number of likely N-dealkylation sites (tertiary alicyclic amines) is 1. The van der Waals surface area contributed by atoms with Crippen LogP contribution < -0.4 is 14.8 Å². The predicted octanol–water partition coefficient (Wildman–Crippen LogP) is 3.71. The van der Waals surface area contributed by atoms with Crippen molar-refractivity contribution >= 4 is 23.2 Å². The number of carbonyl (C=O) groups excluding carboxylic acids is 1. The molecule has 162 valence electrons. The summed E-state index contributed by atoms with van der Waals surface area (Å²) < 4.78 is 12.5. The van der Waals surface area contributed by atoms with Gasteiger partial charge in [0.05, 0.1) is 32.1 Å². The van der Waals surface area contributed by atoms with Gasteiger partial charge in [0.1, 0.15) is 24.2 Å². The highest BCUT2D eigenvalue weighted by atomic mass is 35.5. The fraction of sp³-hybridized carbons (Fsp3) is 0.318. The Bertz CT molecular complexity index is 1060. The van der Waals surface area contributed by atoms with E-state index in [1.807, 2.05) is 18.2 Å². The van der Waals surface area contributed by atoms with Gasteiger partial charge in [0, 0.05) is 16.6 Å². The molecule has 1 aliphatic heterocycles. The first-order valence-corrected chi connectivity index (χ1v) is 10.4. The maximum atomic E-state index is 13.0. The smallest absolute Gasteiger partial charge is 0.238 e. The number of rotatable bonds is 7. The van der Waals surface area contributed by atoms with Gasteiger partial charge in [-0.3, -0.25) is 9.69 Å². The second-order valence-electron chi connectivity index (χ2n) is 7.29. The first kappa shape index (κ1) is 21.1. The van der Waals surface area contributed by atoms with Gasteiger partial charge < -0.3 is 14.8 Å². The van der Waals surface area contributed by atoms with Gasteiger partial charge in [-0.25, -0.2) is 9.67 Å². The van der Waals surface area contributed by atoms with Crippen molar-refractivity contribution in [1.82, 2.24) is 19.7 Å². The maximum absolute atomic E-state index is 13.0. The van der Waals surface area contributed by atoms with Crippen molar-refractivity contribution in [3.63, 3.8) is 0 Å². The fourth-order valence-electron chi connectivity index (χ4n) is 3.98. The van der Waals surface area contributed by atoms with E-state index in [1.54, 1.807) is 43.4 Å². The Kier molecular flexibility index (Phi) is 6.39. The average molecular weight is 442 g/mol. The molecule has 8 nitrogen and oxygen atoms in total. The monoisotopic (exact) mass is 441 g/mol. The molecule has 0 bridgehead atoms. The van der Waals surface area contributed by atoms with E-state index in [1.165, 1.54) is 6.33 Å². The second-order valence-corrected chi connectivity index (χ2v) is 7.72. The van der Waals surface area contributed by atoms with Crippen LogP contribution in [-0.2, 0) is 4.79 Å². The van der Waals surface area contributed by atoms with Crippen molar-refractivity contribution in [1.29, 1.82) is 0 Å². The summed E-state index contributed by atoms with van der Waals surface area (Å²) in [6.07, 6.45) is 4.96. The standard InChI is InChI=1S/C22H24ClN5O3/c1-30-16-6-8-21(31-2)17(11-16)19-4-3-9-27(19)12-22(29)26-18-10-15(23)5-7-20(18)28-14-24-13-25-28/h5-8,10-11,13-14,19H,3-4,9,12H2,1-2H3,(H,26,29)/t19-/m1/s1. The number of methoxy groups -OCH3 is 2. The van der Waals surface area contributed by atoms with E-state index < -0.39 is 0 Å². The van der Waals surface area contributed by atoms with Crippen molar-refractivity contribution in [3.8, 4) is 17.2 Å². The molecule has 1 atom stereocenters. The number of hydrogen-bond donors (Lipinski definition) is 1. The molecular formula is C22H24ClN5O3. The van der Waals surface area contributed by atoms with Crippen LogP contribution in [0.15, 0.2) is 49.1 Å². The Balaban J connectivity index is 1.53. The molecule has 0 spiro atoms. The molecule has 0 unspecified atom stereocenters. The van der Waals surface area contributed by atoms with Gasteiger partial charge >= 0.3 is 0 Å². The van der Waals surface area contributed by atoms with Gasteiger partial charge in [-0.1, -0.05) is 11.6 Å². The Morgan fingerprint density at radius 3 is 2.84 bits per heavy atom. The molecule has 1 fully saturated rings. The lowest BCUT2D eigenvalue weighted by Gasteiger charge is -2.26. The zero-order valence-electron chi connectivity index (χ0n) is 17.4. The third kappa shape index (κ3) is 4.65. The van der Waals surface area contributed by atoms with Crippen molar-refractivity contribution in [2.24, 2.45) is 0 Å². The number of hydrogen-bond acceptors (Lipinski definition) is 6. The summed E-state index contributed by atoms with van der Waals surface area (Å²) in [7, 11) is 3.30. The van der Waals surface area contributed by atoms with E-state index in [9.17, 15) is 4.79 Å². The van der Waals surface area contributed by atoms with Crippen molar-refractivity contribution in [3.05, 3.63) is 59.6 Å². The van der Waals surface area contributed by atoms with Crippen LogP contribution in [-0.4, -0.2) is 52.9 Å². The minimum absolute atomic E-state index is 0.0740. The first-order chi connectivity index (χ1) is 15.1. The van der Waals surface area contributed by atoms with E-state index in [-0.39, 0.29) is 18.5 Å². The van der Waals surface area contributed by atoms with Crippen LogP contribution in [0.25, 0.3) is 5.69 Å². The largest absolute Gasteiger partial charge is 0.497 e. The topological polar surface area (TPSA) is 81.5 Å². The number of halogens is 1. The highest BCUT2D eigenvalue weighted by Crippen LogP contribution is 2.38. The molecule has 0 aliphatic carbocycles. The van der Waals surface area contributed by atoms with Gasteiger partial charge in [0.25, 0.3) is 0 Å². The normalized spacial score (nSPS) is 16.3. The van der Waals surface area contributed by atoms with Crippen molar-refractivity contribution in [2.45, 2.75) is 18.9 Å². The summed E-state index contributed by atoms with van der Waals surface area (Å²) in [5.74, 6) is 1.43.